The highest BCUT2D eigenvalue weighted by Gasteiger charge is 2.36. The first-order valence-electron chi connectivity index (χ1n) is 21.6. The van der Waals surface area contributed by atoms with Crippen molar-refractivity contribution in [3.8, 4) is 22.9 Å². The van der Waals surface area contributed by atoms with E-state index in [4.69, 9.17) is 23.0 Å². The van der Waals surface area contributed by atoms with E-state index in [0.717, 1.165) is 69.7 Å². The maximum absolute atomic E-state index is 12.7. The maximum Gasteiger partial charge on any atom is 0.418 e. The van der Waals surface area contributed by atoms with Gasteiger partial charge >= 0.3 is 18.3 Å². The summed E-state index contributed by atoms with van der Waals surface area (Å²) in [5, 5.41) is 18.8. The van der Waals surface area contributed by atoms with Crippen molar-refractivity contribution in [2.45, 2.75) is 77.4 Å². The van der Waals surface area contributed by atoms with Crippen molar-refractivity contribution in [2.24, 2.45) is 0 Å². The summed E-state index contributed by atoms with van der Waals surface area (Å²) in [6, 6.07) is 33.9. The summed E-state index contributed by atoms with van der Waals surface area (Å²) in [5.74, 6) is 1.63. The minimum absolute atomic E-state index is 0.209. The first-order valence-corrected chi connectivity index (χ1v) is 21.6. The smallest absolute Gasteiger partial charge is 0.418 e. The number of aromatic nitrogens is 6. The minimum Gasteiger partial charge on any atom is -0.445 e. The molecule has 2 aliphatic rings. The number of amides is 2. The number of ether oxygens (including phenoxy) is 3. The molecule has 0 bridgehead atoms. The second-order valence-corrected chi connectivity index (χ2v) is 16.9. The SMILES string of the molecule is CC(C)(C)OC(=O)n1ccc2cc(-c3nnc([C@@H]4CCCN4C(=O)OCc4ccccc4)o3)ccc21.O=C(OCc1ccccc1)N1CCC[C@H]1c1nnc(-c2ccc3[nH]ccc3c2)o1. The predicted octanol–water partition coefficient (Wildman–Crippen LogP) is 10.6. The Morgan fingerprint density at radius 2 is 1.18 bits per heavy atom. The molecular formula is C49H48N8O8. The third-order valence-corrected chi connectivity index (χ3v) is 11.2. The molecule has 2 fully saturated rings. The molecule has 0 unspecified atom stereocenters. The standard InChI is InChI=1S/C27H28N4O5.C22H20N4O3/c1-27(2,3)36-26(33)31-15-13-19-16-20(11-12-21(19)31)23-28-29-24(35-23)22-10-7-14-30(22)25(32)34-17-18-8-5-4-6-9-18;27-22(28-14-15-5-2-1-3-6-15)26-12-4-7-19(26)21-25-24-20(29-21)17-8-9-18-16(13-17)10-11-23-18/h4-6,8-9,11-13,15-16,22H,7,10,14,17H2,1-3H3;1-3,5-6,8-11,13,19,23H,4,7,12,14H2/t22-;19-/m00/s1. The number of likely N-dealkylation sites (tertiary alicyclic amines) is 2. The zero-order valence-electron chi connectivity index (χ0n) is 36.3. The highest BCUT2D eigenvalue weighted by atomic mass is 16.6. The quantitative estimate of drug-likeness (QED) is 0.143. The van der Waals surface area contributed by atoms with E-state index in [1.165, 1.54) is 4.57 Å². The third-order valence-electron chi connectivity index (χ3n) is 11.2. The molecule has 0 aliphatic carbocycles. The van der Waals surface area contributed by atoms with Gasteiger partial charge in [-0.15, -0.1) is 20.4 Å². The van der Waals surface area contributed by atoms with E-state index in [1.54, 1.807) is 16.0 Å². The number of benzene rings is 4. The van der Waals surface area contributed by atoms with Crippen LogP contribution in [0.2, 0.25) is 0 Å². The number of hydrogen-bond acceptors (Lipinski definition) is 12. The Balaban J connectivity index is 0.000000168. The molecule has 16 nitrogen and oxygen atoms in total. The van der Waals surface area contributed by atoms with Crippen molar-refractivity contribution in [3.63, 3.8) is 0 Å². The van der Waals surface area contributed by atoms with Crippen molar-refractivity contribution in [3.05, 3.63) is 144 Å². The fraction of sp³-hybridized carbons (Fsp3) is 0.286. The van der Waals surface area contributed by atoms with Gasteiger partial charge in [0.05, 0.1) is 5.52 Å². The Morgan fingerprint density at radius 3 is 1.74 bits per heavy atom. The number of rotatable bonds is 8. The number of nitrogens with zero attached hydrogens (tertiary/aromatic N) is 7. The molecular weight excluding hydrogens is 829 g/mol. The zero-order valence-corrected chi connectivity index (χ0v) is 36.3. The molecule has 2 atom stereocenters. The average molecular weight is 877 g/mol. The van der Waals surface area contributed by atoms with E-state index in [2.05, 4.69) is 25.4 Å². The van der Waals surface area contributed by atoms with Gasteiger partial charge in [-0.3, -0.25) is 14.4 Å². The van der Waals surface area contributed by atoms with Gasteiger partial charge in [-0.25, -0.2) is 14.4 Å². The summed E-state index contributed by atoms with van der Waals surface area (Å²) < 4.78 is 29.9. The lowest BCUT2D eigenvalue weighted by Gasteiger charge is -2.21. The third kappa shape index (κ3) is 9.76. The van der Waals surface area contributed by atoms with Crippen LogP contribution >= 0.6 is 0 Å². The molecule has 2 amide bonds. The molecule has 0 spiro atoms. The van der Waals surface area contributed by atoms with Crippen LogP contribution in [0.4, 0.5) is 14.4 Å². The molecule has 10 rings (SSSR count). The summed E-state index contributed by atoms with van der Waals surface area (Å²) in [6.07, 6.45) is 5.58. The number of nitrogens with one attached hydrogen (secondary N) is 1. The Kier molecular flexibility index (Phi) is 12.1. The van der Waals surface area contributed by atoms with Gasteiger partial charge in [-0.2, -0.15) is 0 Å². The fourth-order valence-electron chi connectivity index (χ4n) is 7.99. The van der Waals surface area contributed by atoms with Gasteiger partial charge in [-0.05, 0) is 106 Å². The summed E-state index contributed by atoms with van der Waals surface area (Å²) in [5.41, 5.74) is 4.64. The average Bonchev–Trinajstić information content (AvgIpc) is 4.18. The lowest BCUT2D eigenvalue weighted by Crippen LogP contribution is -2.31. The normalized spacial score (nSPS) is 16.1. The van der Waals surface area contributed by atoms with Crippen molar-refractivity contribution in [1.29, 1.82) is 0 Å². The van der Waals surface area contributed by atoms with Crippen LogP contribution in [0, 0.1) is 0 Å². The molecule has 2 saturated heterocycles. The van der Waals surface area contributed by atoms with Crippen molar-refractivity contribution in [1.82, 2.24) is 39.7 Å². The number of H-pyrrole nitrogens is 1. The van der Waals surface area contributed by atoms with Crippen molar-refractivity contribution >= 4 is 40.1 Å². The molecule has 65 heavy (non-hydrogen) atoms. The topological polar surface area (TPSA) is 184 Å². The van der Waals surface area contributed by atoms with E-state index in [0.29, 0.717) is 36.7 Å². The number of hydrogen-bond donors (Lipinski definition) is 1. The first kappa shape index (κ1) is 42.5. The van der Waals surface area contributed by atoms with Crippen LogP contribution in [0.1, 0.15) is 81.4 Å². The van der Waals surface area contributed by atoms with Gasteiger partial charge in [0, 0.05) is 52.9 Å². The van der Waals surface area contributed by atoms with Crippen LogP contribution in [-0.2, 0) is 27.4 Å². The van der Waals surface area contributed by atoms with Gasteiger partial charge in [-0.1, -0.05) is 60.7 Å². The second kappa shape index (κ2) is 18.5. The zero-order chi connectivity index (χ0) is 44.9. The van der Waals surface area contributed by atoms with Crippen LogP contribution in [0.25, 0.3) is 44.7 Å². The molecule has 0 saturated carbocycles. The number of fused-ring (bicyclic) bond motifs is 2. The molecule has 16 heteroatoms. The lowest BCUT2D eigenvalue weighted by molar-refractivity contribution is 0.0544. The van der Waals surface area contributed by atoms with E-state index in [1.807, 2.05) is 136 Å². The summed E-state index contributed by atoms with van der Waals surface area (Å²) in [6.45, 7) is 7.13. The molecule has 2 aliphatic heterocycles. The molecule has 6 heterocycles. The predicted molar refractivity (Wildman–Crippen MR) is 239 cm³/mol. The van der Waals surface area contributed by atoms with Crippen molar-refractivity contribution in [2.75, 3.05) is 13.1 Å². The van der Waals surface area contributed by atoms with Crippen LogP contribution < -0.4 is 0 Å². The Hall–Kier alpha value is -7.75. The van der Waals surface area contributed by atoms with Crippen LogP contribution in [0.5, 0.6) is 0 Å². The second-order valence-electron chi connectivity index (χ2n) is 16.9. The van der Waals surface area contributed by atoms with Gasteiger partial charge in [0.15, 0.2) is 0 Å². The van der Waals surface area contributed by atoms with Gasteiger partial charge in [0.2, 0.25) is 23.6 Å². The van der Waals surface area contributed by atoms with Crippen LogP contribution in [-0.4, -0.2) is 76.7 Å². The highest BCUT2D eigenvalue weighted by Crippen LogP contribution is 2.35. The fourth-order valence-corrected chi connectivity index (χ4v) is 7.99. The maximum atomic E-state index is 12.7. The molecule has 1 N–H and O–H groups in total. The lowest BCUT2D eigenvalue weighted by atomic mass is 10.1. The van der Waals surface area contributed by atoms with Crippen LogP contribution in [0.15, 0.2) is 130 Å². The molecule has 0 radical (unpaired) electrons. The molecule has 4 aromatic heterocycles. The molecule has 4 aromatic carbocycles. The Bertz CT molecular complexity index is 2920. The van der Waals surface area contributed by atoms with Crippen molar-refractivity contribution < 1.29 is 37.4 Å². The van der Waals surface area contributed by atoms with E-state index >= 15 is 0 Å². The Labute approximate surface area is 374 Å². The summed E-state index contributed by atoms with van der Waals surface area (Å²) in [4.78, 5) is 44.3. The number of carbonyl (C=O) groups excluding carboxylic acids is 3. The largest absolute Gasteiger partial charge is 0.445 e. The minimum atomic E-state index is -0.587. The van der Waals surface area contributed by atoms with E-state index in [-0.39, 0.29) is 31.4 Å². The van der Waals surface area contributed by atoms with Gasteiger partial charge in [0.1, 0.15) is 30.9 Å². The van der Waals surface area contributed by atoms with Gasteiger partial charge in [0.25, 0.3) is 0 Å². The summed E-state index contributed by atoms with van der Waals surface area (Å²) >= 11 is 0. The highest BCUT2D eigenvalue weighted by molar-refractivity contribution is 5.91. The Morgan fingerprint density at radius 1 is 0.646 bits per heavy atom. The summed E-state index contributed by atoms with van der Waals surface area (Å²) in [7, 11) is 0. The van der Waals surface area contributed by atoms with Crippen LogP contribution in [0.3, 0.4) is 0 Å². The molecule has 8 aromatic rings. The van der Waals surface area contributed by atoms with Gasteiger partial charge < -0.3 is 28.0 Å². The number of carbonyl (C=O) groups is 3. The molecule has 332 valence electrons. The first-order chi connectivity index (χ1) is 31.6. The van der Waals surface area contributed by atoms with E-state index < -0.39 is 17.8 Å². The number of aromatic amines is 1. The van der Waals surface area contributed by atoms with E-state index in [9.17, 15) is 14.4 Å². The monoisotopic (exact) mass is 876 g/mol.